The maximum atomic E-state index is 11.7. The van der Waals surface area contributed by atoms with Gasteiger partial charge in [0, 0.05) is 6.42 Å². The van der Waals surface area contributed by atoms with Crippen LogP contribution in [-0.4, -0.2) is 23.8 Å². The van der Waals surface area contributed by atoms with Gasteiger partial charge in [-0.15, -0.1) is 0 Å². The lowest BCUT2D eigenvalue weighted by molar-refractivity contribution is -0.143. The topological polar surface area (TPSA) is 46.5 Å². The average Bonchev–Trinajstić information content (AvgIpc) is 2.99. The van der Waals surface area contributed by atoms with Gasteiger partial charge in [-0.1, -0.05) is 13.8 Å². The molecule has 28 heavy (non-hydrogen) atoms. The molecule has 4 aliphatic carbocycles. The number of ether oxygens (including phenoxy) is 1. The van der Waals surface area contributed by atoms with Crippen molar-refractivity contribution in [2.75, 3.05) is 6.61 Å². The number of rotatable bonds is 5. The van der Waals surface area contributed by atoms with Crippen molar-refractivity contribution in [1.29, 1.82) is 0 Å². The Kier molecular flexibility index (Phi) is 5.86. The van der Waals surface area contributed by atoms with Crippen molar-refractivity contribution in [3.05, 3.63) is 0 Å². The second-order valence-electron chi connectivity index (χ2n) is 11.1. The van der Waals surface area contributed by atoms with Crippen molar-refractivity contribution in [2.45, 2.75) is 104 Å². The van der Waals surface area contributed by atoms with Crippen LogP contribution in [0.15, 0.2) is 0 Å². The van der Waals surface area contributed by atoms with Crippen molar-refractivity contribution < 1.29 is 14.6 Å². The van der Waals surface area contributed by atoms with Gasteiger partial charge in [0.25, 0.3) is 0 Å². The van der Waals surface area contributed by atoms with Gasteiger partial charge in [-0.3, -0.25) is 4.79 Å². The Morgan fingerprint density at radius 2 is 1.75 bits per heavy atom. The summed E-state index contributed by atoms with van der Waals surface area (Å²) in [5.41, 5.74) is 0.971. The average molecular weight is 391 g/mol. The number of hydrogen-bond donors (Lipinski definition) is 1. The smallest absolute Gasteiger partial charge is 0.305 e. The minimum absolute atomic E-state index is 0.0170. The van der Waals surface area contributed by atoms with Crippen molar-refractivity contribution in [1.82, 2.24) is 0 Å². The molecule has 4 rings (SSSR count). The Bertz CT molecular complexity index is 574. The minimum Gasteiger partial charge on any atom is -0.466 e. The van der Waals surface area contributed by atoms with Crippen molar-refractivity contribution in [2.24, 2.45) is 40.4 Å². The molecule has 8 atom stereocenters. The summed E-state index contributed by atoms with van der Waals surface area (Å²) in [6.07, 6.45) is 14.4. The highest BCUT2D eigenvalue weighted by atomic mass is 16.5. The van der Waals surface area contributed by atoms with E-state index in [-0.39, 0.29) is 12.1 Å². The maximum Gasteiger partial charge on any atom is 0.305 e. The number of fused-ring (bicyclic) bond motifs is 5. The highest BCUT2D eigenvalue weighted by Crippen LogP contribution is 2.67. The quantitative estimate of drug-likeness (QED) is 0.609. The molecule has 0 amide bonds. The summed E-state index contributed by atoms with van der Waals surface area (Å²) in [5.74, 6) is 4.22. The molecule has 0 bridgehead atoms. The zero-order valence-electron chi connectivity index (χ0n) is 18.4. The predicted molar refractivity (Wildman–Crippen MR) is 112 cm³/mol. The molecular formula is C25H42O3. The van der Waals surface area contributed by atoms with Crippen LogP contribution in [0.4, 0.5) is 0 Å². The molecule has 1 N–H and O–H groups in total. The van der Waals surface area contributed by atoms with Gasteiger partial charge in [-0.25, -0.2) is 0 Å². The Hall–Kier alpha value is -0.570. The summed E-state index contributed by atoms with van der Waals surface area (Å²) in [7, 11) is 0. The molecule has 0 heterocycles. The van der Waals surface area contributed by atoms with E-state index in [1.807, 2.05) is 6.92 Å². The summed E-state index contributed by atoms with van der Waals surface area (Å²) < 4.78 is 5.12. The molecule has 3 nitrogen and oxygen atoms in total. The number of aliphatic hydroxyl groups is 1. The van der Waals surface area contributed by atoms with E-state index in [9.17, 15) is 9.90 Å². The molecule has 4 fully saturated rings. The van der Waals surface area contributed by atoms with Crippen molar-refractivity contribution >= 4 is 5.97 Å². The number of esters is 1. The van der Waals surface area contributed by atoms with E-state index in [1.54, 1.807) is 0 Å². The van der Waals surface area contributed by atoms with Crippen LogP contribution < -0.4 is 0 Å². The molecular weight excluding hydrogens is 348 g/mol. The molecule has 0 radical (unpaired) electrons. The first-order valence-electron chi connectivity index (χ1n) is 12.2. The molecule has 8 unspecified atom stereocenters. The Morgan fingerprint density at radius 3 is 2.54 bits per heavy atom. The second kappa shape index (κ2) is 7.93. The predicted octanol–water partition coefficient (Wildman–Crippen LogP) is 5.74. The molecule has 0 spiro atoms. The summed E-state index contributed by atoms with van der Waals surface area (Å²) in [5, 5.41) is 10.2. The fourth-order valence-corrected chi connectivity index (χ4v) is 8.54. The fraction of sp³-hybridized carbons (Fsp3) is 0.960. The third kappa shape index (κ3) is 3.44. The number of hydrogen-bond acceptors (Lipinski definition) is 3. The molecule has 0 saturated heterocycles. The molecule has 4 saturated carbocycles. The first-order chi connectivity index (χ1) is 13.4. The standard InChI is InChI=1S/C25H42O3/c1-4-28-23(27)7-5-6-17-9-11-21-20-10-8-18-16-19(26)12-14-25(18,3)22(20)13-15-24(17,21)2/h17-22,26H,4-16H2,1-3H3. The fourth-order valence-electron chi connectivity index (χ4n) is 8.54. The molecule has 0 aromatic rings. The molecule has 0 aromatic heterocycles. The highest BCUT2D eigenvalue weighted by Gasteiger charge is 2.59. The Labute approximate surface area is 172 Å². The van der Waals surface area contributed by atoms with Gasteiger partial charge in [0.15, 0.2) is 0 Å². The first-order valence-corrected chi connectivity index (χ1v) is 12.2. The Morgan fingerprint density at radius 1 is 1.00 bits per heavy atom. The van der Waals surface area contributed by atoms with Gasteiger partial charge in [0.05, 0.1) is 12.7 Å². The SMILES string of the molecule is CCOC(=O)CCCC1CCC2C3CCC4CC(O)CCC4(C)C3CCC12C. The minimum atomic E-state index is -0.0428. The van der Waals surface area contributed by atoms with Crippen molar-refractivity contribution in [3.8, 4) is 0 Å². The molecule has 4 aliphatic rings. The normalized spacial score (nSPS) is 47.7. The zero-order chi connectivity index (χ0) is 19.9. The van der Waals surface area contributed by atoms with Crippen LogP contribution in [0.1, 0.15) is 97.8 Å². The van der Waals surface area contributed by atoms with E-state index in [4.69, 9.17) is 4.74 Å². The van der Waals surface area contributed by atoms with Crippen LogP contribution in [0, 0.1) is 40.4 Å². The van der Waals surface area contributed by atoms with Crippen molar-refractivity contribution in [3.63, 3.8) is 0 Å². The van der Waals surface area contributed by atoms with Gasteiger partial charge in [-0.05, 0) is 118 Å². The van der Waals surface area contributed by atoms with Gasteiger partial charge in [0.2, 0.25) is 0 Å². The second-order valence-corrected chi connectivity index (χ2v) is 11.1. The number of aliphatic hydroxyl groups excluding tert-OH is 1. The van der Waals surface area contributed by atoms with Crippen LogP contribution in [0.3, 0.4) is 0 Å². The lowest BCUT2D eigenvalue weighted by atomic mass is 9.44. The maximum absolute atomic E-state index is 11.7. The van der Waals surface area contributed by atoms with E-state index in [2.05, 4.69) is 13.8 Å². The highest BCUT2D eigenvalue weighted by molar-refractivity contribution is 5.69. The summed E-state index contributed by atoms with van der Waals surface area (Å²) >= 11 is 0. The molecule has 3 heteroatoms. The van der Waals surface area contributed by atoms with Gasteiger partial charge in [0.1, 0.15) is 0 Å². The summed E-state index contributed by atoms with van der Waals surface area (Å²) in [6.45, 7) is 7.56. The third-order valence-corrected chi connectivity index (χ3v) is 10.1. The van der Waals surface area contributed by atoms with E-state index in [0.717, 1.165) is 48.9 Å². The van der Waals surface area contributed by atoms with E-state index in [0.29, 0.717) is 23.9 Å². The van der Waals surface area contributed by atoms with Crippen LogP contribution in [-0.2, 0) is 9.53 Å². The molecule has 0 aliphatic heterocycles. The number of carbonyl (C=O) groups is 1. The van der Waals surface area contributed by atoms with Crippen LogP contribution in [0.25, 0.3) is 0 Å². The third-order valence-electron chi connectivity index (χ3n) is 10.1. The van der Waals surface area contributed by atoms with E-state index in [1.165, 1.54) is 51.4 Å². The van der Waals surface area contributed by atoms with E-state index < -0.39 is 0 Å². The first kappa shape index (κ1) is 20.7. The van der Waals surface area contributed by atoms with Crippen LogP contribution >= 0.6 is 0 Å². The molecule has 0 aromatic carbocycles. The van der Waals surface area contributed by atoms with Crippen LogP contribution in [0.5, 0.6) is 0 Å². The summed E-state index contributed by atoms with van der Waals surface area (Å²) in [6, 6.07) is 0. The molecule has 160 valence electrons. The van der Waals surface area contributed by atoms with Gasteiger partial charge >= 0.3 is 5.97 Å². The van der Waals surface area contributed by atoms with Gasteiger partial charge < -0.3 is 9.84 Å². The van der Waals surface area contributed by atoms with E-state index >= 15 is 0 Å². The number of carbonyl (C=O) groups excluding carboxylic acids is 1. The Balaban J connectivity index is 1.41. The largest absolute Gasteiger partial charge is 0.466 e. The summed E-state index contributed by atoms with van der Waals surface area (Å²) in [4.78, 5) is 11.7. The van der Waals surface area contributed by atoms with Crippen LogP contribution in [0.2, 0.25) is 0 Å². The lowest BCUT2D eigenvalue weighted by Gasteiger charge is -2.61. The lowest BCUT2D eigenvalue weighted by Crippen LogP contribution is -2.53. The monoisotopic (exact) mass is 390 g/mol. The zero-order valence-corrected chi connectivity index (χ0v) is 18.4. The van der Waals surface area contributed by atoms with Gasteiger partial charge in [-0.2, -0.15) is 0 Å².